The minimum atomic E-state index is -0.286. The normalized spacial score (nSPS) is 14.6. The van der Waals surface area contributed by atoms with E-state index in [9.17, 15) is 9.59 Å². The first-order chi connectivity index (χ1) is 18.6. The third kappa shape index (κ3) is 6.90. The number of hydrogen-bond donors (Lipinski definition) is 2. The molecule has 0 saturated heterocycles. The predicted molar refractivity (Wildman–Crippen MR) is 153 cm³/mol. The number of anilines is 2. The summed E-state index contributed by atoms with van der Waals surface area (Å²) in [7, 11) is 0. The van der Waals surface area contributed by atoms with Gasteiger partial charge in [0.25, 0.3) is 11.8 Å². The molecule has 0 atom stereocenters. The molecule has 0 spiro atoms. The number of nitrogens with one attached hydrogen (secondary N) is 2. The van der Waals surface area contributed by atoms with Crippen LogP contribution in [0.5, 0.6) is 11.5 Å². The molecule has 2 bridgehead atoms. The molecule has 0 fully saturated rings. The van der Waals surface area contributed by atoms with Gasteiger partial charge in [0.05, 0.1) is 11.4 Å². The summed E-state index contributed by atoms with van der Waals surface area (Å²) in [6.45, 7) is -0.394. The highest BCUT2D eigenvalue weighted by molar-refractivity contribution is 7.99. The van der Waals surface area contributed by atoms with Gasteiger partial charge < -0.3 is 20.1 Å². The van der Waals surface area contributed by atoms with E-state index in [1.54, 1.807) is 47.8 Å². The summed E-state index contributed by atoms with van der Waals surface area (Å²) in [6, 6.07) is 31.0. The van der Waals surface area contributed by atoms with Crippen molar-refractivity contribution in [1.82, 2.24) is 0 Å². The molecule has 2 amide bonds. The van der Waals surface area contributed by atoms with Crippen molar-refractivity contribution < 1.29 is 19.1 Å². The third-order valence-electron chi connectivity index (χ3n) is 5.70. The zero-order chi connectivity index (χ0) is 26.2. The van der Waals surface area contributed by atoms with E-state index in [1.807, 2.05) is 48.5 Å². The molecule has 38 heavy (non-hydrogen) atoms. The Morgan fingerprint density at radius 1 is 0.526 bits per heavy atom. The summed E-state index contributed by atoms with van der Waals surface area (Å²) >= 11 is 3.34. The number of thioether (sulfide) groups is 2. The van der Waals surface area contributed by atoms with Gasteiger partial charge in [-0.15, -0.1) is 23.5 Å². The fourth-order valence-electron chi connectivity index (χ4n) is 3.79. The van der Waals surface area contributed by atoms with Crippen LogP contribution in [0.25, 0.3) is 0 Å². The van der Waals surface area contributed by atoms with Gasteiger partial charge in [-0.3, -0.25) is 9.59 Å². The van der Waals surface area contributed by atoms with Gasteiger partial charge in [-0.2, -0.15) is 0 Å². The highest BCUT2D eigenvalue weighted by atomic mass is 32.2. The quantitative estimate of drug-likeness (QED) is 0.260. The zero-order valence-electron chi connectivity index (χ0n) is 20.5. The molecule has 192 valence electrons. The Bertz CT molecular complexity index is 1320. The lowest BCUT2D eigenvalue weighted by atomic mass is 10.2. The second kappa shape index (κ2) is 12.6. The Kier molecular flexibility index (Phi) is 8.53. The Hall–Kier alpha value is -3.88. The fraction of sp³-hybridized carbons (Fsp3) is 0.133. The first-order valence-corrected chi connectivity index (χ1v) is 14.1. The van der Waals surface area contributed by atoms with E-state index in [4.69, 9.17) is 9.47 Å². The molecule has 2 aliphatic heterocycles. The second-order valence-corrected chi connectivity index (χ2v) is 10.5. The number of carbonyl (C=O) groups is 2. The van der Waals surface area contributed by atoms with E-state index in [2.05, 4.69) is 34.9 Å². The van der Waals surface area contributed by atoms with E-state index < -0.39 is 0 Å². The van der Waals surface area contributed by atoms with Gasteiger partial charge in [-0.25, -0.2) is 0 Å². The molecule has 0 aliphatic carbocycles. The summed E-state index contributed by atoms with van der Waals surface area (Å²) in [4.78, 5) is 27.4. The molecule has 6 nitrogen and oxygen atoms in total. The SMILES string of the molecule is O=C1COc2ccccc2OCC(=O)Nc2ccccc2SCc2ccc(cc2)CSc2ccccc2N1. The number of benzene rings is 4. The first kappa shape index (κ1) is 25.8. The molecule has 4 aromatic rings. The maximum absolute atomic E-state index is 12.7. The molecular weight excluding hydrogens is 516 g/mol. The summed E-state index contributed by atoms with van der Waals surface area (Å²) < 4.78 is 11.5. The Morgan fingerprint density at radius 2 is 0.921 bits per heavy atom. The lowest BCUT2D eigenvalue weighted by Crippen LogP contribution is -2.22. The molecule has 2 N–H and O–H groups in total. The molecule has 4 aromatic carbocycles. The summed E-state index contributed by atoms with van der Waals surface area (Å²) in [6.07, 6.45) is 0. The maximum atomic E-state index is 12.7. The molecule has 6 rings (SSSR count). The summed E-state index contributed by atoms with van der Waals surface area (Å²) in [5.74, 6) is 1.75. The van der Waals surface area contributed by atoms with E-state index >= 15 is 0 Å². The zero-order valence-corrected chi connectivity index (χ0v) is 22.1. The van der Waals surface area contributed by atoms with E-state index in [0.29, 0.717) is 11.5 Å². The number of fused-ring (bicyclic) bond motifs is 10. The highest BCUT2D eigenvalue weighted by Gasteiger charge is 2.13. The molecule has 0 saturated carbocycles. The molecule has 2 heterocycles. The van der Waals surface area contributed by atoms with Crippen molar-refractivity contribution in [1.29, 1.82) is 0 Å². The van der Waals surface area contributed by atoms with Crippen molar-refractivity contribution >= 4 is 46.7 Å². The van der Waals surface area contributed by atoms with E-state index in [0.717, 1.165) is 32.7 Å². The van der Waals surface area contributed by atoms with Gasteiger partial charge in [0.2, 0.25) is 0 Å². The number of hydrogen-bond acceptors (Lipinski definition) is 6. The molecule has 2 aliphatic rings. The number of rotatable bonds is 0. The van der Waals surface area contributed by atoms with Crippen LogP contribution < -0.4 is 20.1 Å². The molecule has 0 aromatic heterocycles. The van der Waals surface area contributed by atoms with Crippen LogP contribution >= 0.6 is 23.5 Å². The lowest BCUT2D eigenvalue weighted by molar-refractivity contribution is -0.119. The van der Waals surface area contributed by atoms with Crippen LogP contribution in [-0.4, -0.2) is 25.0 Å². The predicted octanol–water partition coefficient (Wildman–Crippen LogP) is 6.62. The largest absolute Gasteiger partial charge is 0.480 e. The van der Waals surface area contributed by atoms with Crippen LogP contribution in [0.1, 0.15) is 11.1 Å². The van der Waals surface area contributed by atoms with Crippen LogP contribution in [-0.2, 0) is 21.1 Å². The van der Waals surface area contributed by atoms with Crippen LogP contribution in [0.2, 0.25) is 0 Å². The van der Waals surface area contributed by atoms with Gasteiger partial charge in [-0.1, -0.05) is 60.7 Å². The monoisotopic (exact) mass is 542 g/mol. The maximum Gasteiger partial charge on any atom is 0.262 e. The Morgan fingerprint density at radius 3 is 1.37 bits per heavy atom. The van der Waals surface area contributed by atoms with Crippen LogP contribution in [0.3, 0.4) is 0 Å². The molecule has 0 radical (unpaired) electrons. The second-order valence-electron chi connectivity index (χ2n) is 8.51. The molecular formula is C30H26N2O4S2. The smallest absolute Gasteiger partial charge is 0.262 e. The van der Waals surface area contributed by atoms with Gasteiger partial charge >= 0.3 is 0 Å². The highest BCUT2D eigenvalue weighted by Crippen LogP contribution is 2.32. The van der Waals surface area contributed by atoms with Gasteiger partial charge in [-0.05, 0) is 47.5 Å². The average molecular weight is 543 g/mol. The molecule has 0 unspecified atom stereocenters. The van der Waals surface area contributed by atoms with Crippen LogP contribution in [0, 0.1) is 0 Å². The van der Waals surface area contributed by atoms with Crippen molar-refractivity contribution in [2.45, 2.75) is 21.3 Å². The Labute approximate surface area is 230 Å². The standard InChI is InChI=1S/C30H26N2O4S2/c33-29-17-35-25-9-3-4-10-26(25)36-18-30(34)32-24-8-2-6-12-28(24)38-20-22-15-13-21(14-16-22)19-37-27-11-5-1-7-23(27)31-29/h1-16H,17-20H2,(H,31,33)(H,32,34). The third-order valence-corrected chi connectivity index (χ3v) is 7.99. The van der Waals surface area contributed by atoms with Crippen LogP contribution in [0.4, 0.5) is 11.4 Å². The number of amides is 2. The topological polar surface area (TPSA) is 76.7 Å². The van der Waals surface area contributed by atoms with Crippen molar-refractivity contribution in [2.24, 2.45) is 0 Å². The minimum Gasteiger partial charge on any atom is -0.480 e. The first-order valence-electron chi connectivity index (χ1n) is 12.1. The van der Waals surface area contributed by atoms with E-state index in [1.165, 1.54) is 11.1 Å². The van der Waals surface area contributed by atoms with Gasteiger partial charge in [0, 0.05) is 21.3 Å². The fourth-order valence-corrected chi connectivity index (χ4v) is 5.72. The summed E-state index contributed by atoms with van der Waals surface area (Å²) in [5, 5.41) is 5.89. The number of ether oxygens (including phenoxy) is 2. The Balaban J connectivity index is 1.39. The number of para-hydroxylation sites is 4. The number of carbonyl (C=O) groups excluding carboxylic acids is 2. The van der Waals surface area contributed by atoms with Gasteiger partial charge in [0.1, 0.15) is 0 Å². The average Bonchev–Trinajstić information content (AvgIpc) is 2.94. The summed E-state index contributed by atoms with van der Waals surface area (Å²) in [5.41, 5.74) is 3.86. The minimum absolute atomic E-state index is 0.197. The van der Waals surface area contributed by atoms with Gasteiger partial charge in [0.15, 0.2) is 24.7 Å². The van der Waals surface area contributed by atoms with E-state index in [-0.39, 0.29) is 25.0 Å². The van der Waals surface area contributed by atoms with Crippen molar-refractivity contribution in [3.63, 3.8) is 0 Å². The molecule has 8 heteroatoms. The van der Waals surface area contributed by atoms with Crippen molar-refractivity contribution in [3.8, 4) is 11.5 Å². The van der Waals surface area contributed by atoms with Crippen molar-refractivity contribution in [2.75, 3.05) is 23.8 Å². The van der Waals surface area contributed by atoms with Crippen molar-refractivity contribution in [3.05, 3.63) is 108 Å². The van der Waals surface area contributed by atoms with Crippen LogP contribution in [0.15, 0.2) is 107 Å². The lowest BCUT2D eigenvalue weighted by Gasteiger charge is -2.15.